The predicted molar refractivity (Wildman–Crippen MR) is 129 cm³/mol. The van der Waals surface area contributed by atoms with E-state index in [2.05, 4.69) is 34.9 Å². The van der Waals surface area contributed by atoms with Crippen LogP contribution in [-0.4, -0.2) is 36.2 Å². The largest absolute Gasteiger partial charge is 0.478 e. The summed E-state index contributed by atoms with van der Waals surface area (Å²) in [6.07, 6.45) is -0.0813. The number of rotatable bonds is 8. The molecule has 3 N–H and O–H groups in total. The van der Waals surface area contributed by atoms with E-state index < -0.39 is 12.1 Å². The number of anilines is 1. The Balaban J connectivity index is 1.23. The lowest BCUT2D eigenvalue weighted by atomic mass is 9.98. The lowest BCUT2D eigenvalue weighted by molar-refractivity contribution is -0.119. The van der Waals surface area contributed by atoms with E-state index in [9.17, 15) is 14.4 Å². The van der Waals surface area contributed by atoms with Gasteiger partial charge in [0.15, 0.2) is 0 Å². The highest BCUT2D eigenvalue weighted by Crippen LogP contribution is 2.44. The van der Waals surface area contributed by atoms with Gasteiger partial charge in [-0.25, -0.2) is 9.59 Å². The Bertz CT molecular complexity index is 1160. The fourth-order valence-corrected chi connectivity index (χ4v) is 4.13. The maximum atomic E-state index is 12.4. The smallest absolute Gasteiger partial charge is 0.407 e. The summed E-state index contributed by atoms with van der Waals surface area (Å²) in [5.41, 5.74) is 5.31. The van der Waals surface area contributed by atoms with E-state index >= 15 is 0 Å². The minimum Gasteiger partial charge on any atom is -0.478 e. The molecule has 3 aromatic rings. The molecule has 0 aliphatic heterocycles. The van der Waals surface area contributed by atoms with Crippen molar-refractivity contribution < 1.29 is 24.2 Å². The van der Waals surface area contributed by atoms with Gasteiger partial charge in [-0.15, -0.1) is 0 Å². The highest BCUT2D eigenvalue weighted by molar-refractivity contribution is 5.93. The third kappa shape index (κ3) is 5.09. The van der Waals surface area contributed by atoms with Crippen LogP contribution in [-0.2, 0) is 9.53 Å². The number of fused-ring (bicyclic) bond motifs is 3. The number of amides is 2. The second-order valence-corrected chi connectivity index (χ2v) is 8.31. The molecule has 7 nitrogen and oxygen atoms in total. The fraction of sp³-hybridized carbons (Fsp3) is 0.222. The van der Waals surface area contributed by atoms with Crippen molar-refractivity contribution in [3.8, 4) is 11.1 Å². The Kier molecular flexibility index (Phi) is 6.92. The minimum absolute atomic E-state index is 0.00429. The van der Waals surface area contributed by atoms with Gasteiger partial charge in [0.2, 0.25) is 5.91 Å². The molecule has 0 bridgehead atoms. The standard InChI is InChI=1S/C27H26N2O5/c1-17(25(30)29-19-12-10-18(11-13-19)26(31)32)14-15-28-27(33)34-16-24-22-8-4-2-6-20(22)21-7-3-5-9-23(21)24/h2-13,17,24H,14-16H2,1H3,(H,28,33)(H,29,30)(H,31,32). The first kappa shape index (κ1) is 23.0. The molecule has 0 aromatic heterocycles. The SMILES string of the molecule is CC(CCNC(=O)OCC1c2ccccc2-c2ccccc21)C(=O)Nc1ccc(C(=O)O)cc1. The van der Waals surface area contributed by atoms with Gasteiger partial charge >= 0.3 is 12.1 Å². The maximum absolute atomic E-state index is 12.4. The Hall–Kier alpha value is -4.13. The second kappa shape index (κ2) is 10.2. The van der Waals surface area contributed by atoms with Gasteiger partial charge in [0.1, 0.15) is 6.61 Å². The summed E-state index contributed by atoms with van der Waals surface area (Å²) >= 11 is 0. The highest BCUT2D eigenvalue weighted by atomic mass is 16.5. The molecule has 174 valence electrons. The van der Waals surface area contributed by atoms with Gasteiger partial charge < -0.3 is 20.5 Å². The van der Waals surface area contributed by atoms with Crippen molar-refractivity contribution in [3.05, 3.63) is 89.5 Å². The normalized spacial score (nSPS) is 12.9. The van der Waals surface area contributed by atoms with E-state index in [0.29, 0.717) is 18.7 Å². The Morgan fingerprint density at radius 1 is 0.912 bits per heavy atom. The van der Waals surface area contributed by atoms with Crippen LogP contribution in [0.4, 0.5) is 10.5 Å². The predicted octanol–water partition coefficient (Wildman–Crippen LogP) is 4.89. The molecule has 0 saturated heterocycles. The minimum atomic E-state index is -1.02. The first-order valence-corrected chi connectivity index (χ1v) is 11.2. The van der Waals surface area contributed by atoms with Crippen molar-refractivity contribution >= 4 is 23.7 Å². The van der Waals surface area contributed by atoms with E-state index in [-0.39, 0.29) is 29.9 Å². The van der Waals surface area contributed by atoms with Crippen LogP contribution >= 0.6 is 0 Å². The van der Waals surface area contributed by atoms with Gasteiger partial charge in [-0.05, 0) is 52.9 Å². The molecule has 0 spiro atoms. The molecule has 34 heavy (non-hydrogen) atoms. The van der Waals surface area contributed by atoms with Crippen molar-refractivity contribution in [2.45, 2.75) is 19.3 Å². The van der Waals surface area contributed by atoms with Crippen LogP contribution in [0.2, 0.25) is 0 Å². The lowest BCUT2D eigenvalue weighted by Crippen LogP contribution is -2.30. The monoisotopic (exact) mass is 458 g/mol. The van der Waals surface area contributed by atoms with Crippen molar-refractivity contribution in [2.24, 2.45) is 5.92 Å². The van der Waals surface area contributed by atoms with Crippen molar-refractivity contribution in [1.82, 2.24) is 5.32 Å². The molecule has 4 rings (SSSR count). The Labute approximate surface area is 197 Å². The van der Waals surface area contributed by atoms with Crippen LogP contribution in [0.1, 0.15) is 40.7 Å². The third-order valence-electron chi connectivity index (χ3n) is 6.04. The molecular weight excluding hydrogens is 432 g/mol. The zero-order valence-corrected chi connectivity index (χ0v) is 18.8. The van der Waals surface area contributed by atoms with Crippen molar-refractivity contribution in [2.75, 3.05) is 18.5 Å². The van der Waals surface area contributed by atoms with E-state index in [1.807, 2.05) is 24.3 Å². The Morgan fingerprint density at radius 2 is 1.50 bits per heavy atom. The summed E-state index contributed by atoms with van der Waals surface area (Å²) in [6.45, 7) is 2.30. The molecule has 2 amide bonds. The number of alkyl carbamates (subject to hydrolysis) is 1. The summed E-state index contributed by atoms with van der Waals surface area (Å²) in [6, 6.07) is 22.3. The molecule has 0 heterocycles. The molecule has 1 atom stereocenters. The molecule has 0 saturated carbocycles. The Morgan fingerprint density at radius 3 is 2.09 bits per heavy atom. The third-order valence-corrected chi connectivity index (χ3v) is 6.04. The van der Waals surface area contributed by atoms with Crippen LogP contribution < -0.4 is 10.6 Å². The first-order valence-electron chi connectivity index (χ1n) is 11.2. The number of aromatic carboxylic acids is 1. The average molecular weight is 459 g/mol. The summed E-state index contributed by atoms with van der Waals surface area (Å²) < 4.78 is 5.51. The van der Waals surface area contributed by atoms with Gasteiger partial charge in [-0.3, -0.25) is 4.79 Å². The van der Waals surface area contributed by atoms with Crippen LogP contribution in [0.25, 0.3) is 11.1 Å². The molecule has 0 fully saturated rings. The number of carboxylic acids is 1. The van der Waals surface area contributed by atoms with Crippen LogP contribution in [0.15, 0.2) is 72.8 Å². The number of hydrogen-bond donors (Lipinski definition) is 3. The quantitative estimate of drug-likeness (QED) is 0.446. The molecule has 7 heteroatoms. The van der Waals surface area contributed by atoms with Gasteiger partial charge in [-0.1, -0.05) is 55.5 Å². The second-order valence-electron chi connectivity index (χ2n) is 8.31. The summed E-state index contributed by atoms with van der Waals surface area (Å²) in [5.74, 6) is -1.59. The van der Waals surface area contributed by atoms with Crippen LogP contribution in [0, 0.1) is 5.92 Å². The van der Waals surface area contributed by atoms with Crippen molar-refractivity contribution in [1.29, 1.82) is 0 Å². The number of ether oxygens (including phenoxy) is 1. The zero-order valence-electron chi connectivity index (χ0n) is 18.8. The molecule has 0 radical (unpaired) electrons. The number of hydrogen-bond acceptors (Lipinski definition) is 4. The van der Waals surface area contributed by atoms with E-state index in [1.54, 1.807) is 19.1 Å². The van der Waals surface area contributed by atoms with E-state index in [0.717, 1.165) is 11.1 Å². The number of carbonyl (C=O) groups excluding carboxylic acids is 2. The molecule has 3 aromatic carbocycles. The van der Waals surface area contributed by atoms with Crippen LogP contribution in [0.5, 0.6) is 0 Å². The number of carbonyl (C=O) groups is 3. The van der Waals surface area contributed by atoms with Gasteiger partial charge in [0, 0.05) is 24.1 Å². The number of nitrogens with one attached hydrogen (secondary N) is 2. The average Bonchev–Trinajstić information content (AvgIpc) is 3.16. The summed E-state index contributed by atoms with van der Waals surface area (Å²) in [4.78, 5) is 35.6. The van der Waals surface area contributed by atoms with E-state index in [4.69, 9.17) is 9.84 Å². The first-order chi connectivity index (χ1) is 16.4. The molecule has 1 unspecified atom stereocenters. The fourth-order valence-electron chi connectivity index (χ4n) is 4.13. The summed E-state index contributed by atoms with van der Waals surface area (Å²) in [5, 5.41) is 14.4. The van der Waals surface area contributed by atoms with Gasteiger partial charge in [0.25, 0.3) is 0 Å². The molecule has 1 aliphatic rings. The van der Waals surface area contributed by atoms with Gasteiger partial charge in [-0.2, -0.15) is 0 Å². The van der Waals surface area contributed by atoms with Gasteiger partial charge in [0.05, 0.1) is 5.56 Å². The number of carboxylic acid groups (broad SMARTS) is 1. The number of benzene rings is 3. The maximum Gasteiger partial charge on any atom is 0.407 e. The zero-order chi connectivity index (χ0) is 24.1. The molecular formula is C27H26N2O5. The topological polar surface area (TPSA) is 105 Å². The van der Waals surface area contributed by atoms with Crippen molar-refractivity contribution in [3.63, 3.8) is 0 Å². The van der Waals surface area contributed by atoms with E-state index in [1.165, 1.54) is 23.3 Å². The van der Waals surface area contributed by atoms with Crippen LogP contribution in [0.3, 0.4) is 0 Å². The lowest BCUT2D eigenvalue weighted by Gasteiger charge is -2.15. The molecule has 1 aliphatic carbocycles. The highest BCUT2D eigenvalue weighted by Gasteiger charge is 2.29. The summed E-state index contributed by atoms with van der Waals surface area (Å²) in [7, 11) is 0.